The zero-order valence-electron chi connectivity index (χ0n) is 14.2. The van der Waals surface area contributed by atoms with E-state index in [1.807, 2.05) is 0 Å². The first kappa shape index (κ1) is 15.4. The van der Waals surface area contributed by atoms with Gasteiger partial charge < -0.3 is 0 Å². The fourth-order valence-corrected chi connectivity index (χ4v) is 3.83. The fraction of sp³-hybridized carbons (Fsp3) is 0.600. The molecule has 0 fully saturated rings. The summed E-state index contributed by atoms with van der Waals surface area (Å²) in [7, 11) is 0. The van der Waals surface area contributed by atoms with E-state index in [0.717, 1.165) is 0 Å². The molecule has 1 aromatic carbocycles. The number of allylic oxidation sites excluding steroid dienone is 2. The van der Waals surface area contributed by atoms with E-state index >= 15 is 0 Å². The molecule has 0 saturated heterocycles. The Hall–Kier alpha value is -1.04. The molecule has 1 aliphatic rings. The van der Waals surface area contributed by atoms with Crippen LogP contribution in [0.2, 0.25) is 0 Å². The third-order valence-corrected chi connectivity index (χ3v) is 7.03. The molecule has 0 radical (unpaired) electrons. The number of rotatable bonds is 2. The quantitative estimate of drug-likeness (QED) is 0.573. The van der Waals surface area contributed by atoms with E-state index in [0.29, 0.717) is 17.3 Å². The Morgan fingerprint density at radius 3 is 2.05 bits per heavy atom. The van der Waals surface area contributed by atoms with Gasteiger partial charge >= 0.3 is 0 Å². The Morgan fingerprint density at radius 1 is 0.950 bits per heavy atom. The second-order valence-corrected chi connectivity index (χ2v) is 7.91. The Kier molecular flexibility index (Phi) is 3.65. The van der Waals surface area contributed by atoms with Crippen molar-refractivity contribution in [1.82, 2.24) is 0 Å². The highest BCUT2D eigenvalue weighted by atomic mass is 14.6. The first-order chi connectivity index (χ1) is 9.14. The molecule has 0 aromatic heterocycles. The maximum atomic E-state index is 2.49. The summed E-state index contributed by atoms with van der Waals surface area (Å²) < 4.78 is 0. The molecule has 0 heteroatoms. The van der Waals surface area contributed by atoms with Gasteiger partial charge in [0.2, 0.25) is 0 Å². The predicted octanol–water partition coefficient (Wildman–Crippen LogP) is 6.05. The molecule has 0 aliphatic heterocycles. The van der Waals surface area contributed by atoms with Crippen molar-refractivity contribution in [1.29, 1.82) is 0 Å². The molecule has 3 atom stereocenters. The minimum Gasteiger partial charge on any atom is -0.0846 e. The molecule has 0 heterocycles. The summed E-state index contributed by atoms with van der Waals surface area (Å²) in [5.41, 5.74) is 2.14. The van der Waals surface area contributed by atoms with E-state index < -0.39 is 0 Å². The molecule has 2 rings (SSSR count). The van der Waals surface area contributed by atoms with Gasteiger partial charge in [0, 0.05) is 0 Å². The number of hydrogen-bond acceptors (Lipinski definition) is 0. The van der Waals surface area contributed by atoms with Crippen molar-refractivity contribution in [3.05, 3.63) is 48.0 Å². The molecule has 1 aromatic rings. The Morgan fingerprint density at radius 2 is 1.50 bits per heavy atom. The fourth-order valence-electron chi connectivity index (χ4n) is 3.83. The van der Waals surface area contributed by atoms with Crippen molar-refractivity contribution in [3.8, 4) is 0 Å². The summed E-state index contributed by atoms with van der Waals surface area (Å²) in [6.07, 6.45) is 4.92. The molecule has 0 N–H and O–H groups in total. The summed E-state index contributed by atoms with van der Waals surface area (Å²) >= 11 is 0. The SMILES string of the molecule is CC1C=CC(C)(C(C)c2ccccc2)C(C)(C)C1(C)C. The standard InChI is InChI=1S/C20H30/c1-15-13-14-20(7,19(5,6)18(15,3)4)16(2)17-11-9-8-10-12-17/h8-16H,1-7H3. The topological polar surface area (TPSA) is 0 Å². The second kappa shape index (κ2) is 4.76. The lowest BCUT2D eigenvalue weighted by atomic mass is 9.44. The molecule has 0 spiro atoms. The van der Waals surface area contributed by atoms with Gasteiger partial charge in [-0.25, -0.2) is 0 Å². The van der Waals surface area contributed by atoms with Crippen LogP contribution in [-0.4, -0.2) is 0 Å². The van der Waals surface area contributed by atoms with Crippen LogP contribution in [-0.2, 0) is 0 Å². The van der Waals surface area contributed by atoms with Gasteiger partial charge in [0.15, 0.2) is 0 Å². The summed E-state index contributed by atoms with van der Waals surface area (Å²) in [4.78, 5) is 0. The van der Waals surface area contributed by atoms with E-state index in [4.69, 9.17) is 0 Å². The van der Waals surface area contributed by atoms with Crippen LogP contribution in [0, 0.1) is 22.2 Å². The molecule has 3 unspecified atom stereocenters. The molecule has 110 valence electrons. The van der Waals surface area contributed by atoms with Crippen molar-refractivity contribution in [3.63, 3.8) is 0 Å². The van der Waals surface area contributed by atoms with E-state index in [-0.39, 0.29) is 10.8 Å². The van der Waals surface area contributed by atoms with Gasteiger partial charge in [-0.15, -0.1) is 0 Å². The van der Waals surface area contributed by atoms with Gasteiger partial charge in [0.05, 0.1) is 0 Å². The number of benzene rings is 1. The largest absolute Gasteiger partial charge is 0.0846 e. The monoisotopic (exact) mass is 270 g/mol. The van der Waals surface area contributed by atoms with Crippen molar-refractivity contribution < 1.29 is 0 Å². The average Bonchev–Trinajstić information content (AvgIpc) is 2.42. The second-order valence-electron chi connectivity index (χ2n) is 7.91. The van der Waals surface area contributed by atoms with Gasteiger partial charge in [-0.05, 0) is 33.6 Å². The Labute approximate surface area is 125 Å². The lowest BCUT2D eigenvalue weighted by Gasteiger charge is -2.59. The van der Waals surface area contributed by atoms with E-state index in [9.17, 15) is 0 Å². The highest BCUT2D eigenvalue weighted by Crippen LogP contribution is 2.63. The molecule has 1 aliphatic carbocycles. The van der Waals surface area contributed by atoms with Crippen LogP contribution < -0.4 is 0 Å². The third kappa shape index (κ3) is 1.96. The molecular formula is C20H30. The zero-order valence-corrected chi connectivity index (χ0v) is 14.2. The molecule has 0 bridgehead atoms. The minimum atomic E-state index is 0.171. The smallest absolute Gasteiger partial charge is 0.00240 e. The summed E-state index contributed by atoms with van der Waals surface area (Å²) in [6.45, 7) is 16.9. The van der Waals surface area contributed by atoms with Gasteiger partial charge in [-0.2, -0.15) is 0 Å². The molecule has 0 saturated carbocycles. The van der Waals surface area contributed by atoms with E-state index in [2.05, 4.69) is 91.0 Å². The lowest BCUT2D eigenvalue weighted by Crippen LogP contribution is -2.52. The van der Waals surface area contributed by atoms with Gasteiger partial charge in [-0.3, -0.25) is 0 Å². The van der Waals surface area contributed by atoms with Crippen LogP contribution in [0.25, 0.3) is 0 Å². The number of hydrogen-bond donors (Lipinski definition) is 0. The van der Waals surface area contributed by atoms with Crippen LogP contribution in [0.3, 0.4) is 0 Å². The average molecular weight is 270 g/mol. The van der Waals surface area contributed by atoms with Gasteiger partial charge in [-0.1, -0.05) is 91.0 Å². The first-order valence-electron chi connectivity index (χ1n) is 7.89. The molecule has 0 nitrogen and oxygen atoms in total. The maximum Gasteiger partial charge on any atom is -0.00240 e. The Bertz CT molecular complexity index is 492. The van der Waals surface area contributed by atoms with Gasteiger partial charge in [0.25, 0.3) is 0 Å². The maximum absolute atomic E-state index is 2.49. The van der Waals surface area contributed by atoms with Crippen molar-refractivity contribution in [2.75, 3.05) is 0 Å². The van der Waals surface area contributed by atoms with Crippen LogP contribution in [0.1, 0.15) is 59.9 Å². The van der Waals surface area contributed by atoms with Crippen LogP contribution in [0.5, 0.6) is 0 Å². The highest BCUT2D eigenvalue weighted by Gasteiger charge is 2.55. The normalized spacial score (nSPS) is 32.9. The van der Waals surface area contributed by atoms with Crippen molar-refractivity contribution >= 4 is 0 Å². The first-order valence-corrected chi connectivity index (χ1v) is 7.89. The summed E-state index contributed by atoms with van der Waals surface area (Å²) in [6, 6.07) is 11.0. The Balaban J connectivity index is 2.51. The molecule has 20 heavy (non-hydrogen) atoms. The summed E-state index contributed by atoms with van der Waals surface area (Å²) in [5, 5.41) is 0. The van der Waals surface area contributed by atoms with Gasteiger partial charge in [0.1, 0.15) is 0 Å². The van der Waals surface area contributed by atoms with Crippen molar-refractivity contribution in [2.45, 2.75) is 54.4 Å². The molecule has 0 amide bonds. The minimum absolute atomic E-state index is 0.171. The predicted molar refractivity (Wildman–Crippen MR) is 88.8 cm³/mol. The third-order valence-electron chi connectivity index (χ3n) is 7.03. The van der Waals surface area contributed by atoms with Crippen LogP contribution in [0.4, 0.5) is 0 Å². The highest BCUT2D eigenvalue weighted by molar-refractivity contribution is 5.28. The van der Waals surface area contributed by atoms with Crippen LogP contribution in [0.15, 0.2) is 42.5 Å². The van der Waals surface area contributed by atoms with E-state index in [1.165, 1.54) is 5.56 Å². The lowest BCUT2D eigenvalue weighted by molar-refractivity contribution is -0.0493. The zero-order chi connectivity index (χ0) is 15.2. The van der Waals surface area contributed by atoms with Crippen molar-refractivity contribution in [2.24, 2.45) is 22.2 Å². The van der Waals surface area contributed by atoms with Crippen LogP contribution >= 0.6 is 0 Å². The summed E-state index contributed by atoms with van der Waals surface area (Å²) in [5.74, 6) is 1.13. The molecular weight excluding hydrogens is 240 g/mol. The van der Waals surface area contributed by atoms with E-state index in [1.54, 1.807) is 0 Å².